The number of carbonyl (C=O) groups is 1. The lowest BCUT2D eigenvalue weighted by molar-refractivity contribution is 0.144. The van der Waals surface area contributed by atoms with Crippen molar-refractivity contribution < 1.29 is 13.9 Å². The molecule has 1 rings (SSSR count). The number of ether oxygens (including phenoxy) is 1. The van der Waals surface area contributed by atoms with Gasteiger partial charge in [-0.3, -0.25) is 0 Å². The molecule has 0 heterocycles. The van der Waals surface area contributed by atoms with Gasteiger partial charge in [0.1, 0.15) is 5.82 Å². The first-order valence-corrected chi connectivity index (χ1v) is 5.37. The second-order valence-corrected chi connectivity index (χ2v) is 3.47. The summed E-state index contributed by atoms with van der Waals surface area (Å²) in [6, 6.07) is 6.10. The molecule has 0 fully saturated rings. The van der Waals surface area contributed by atoms with Crippen molar-refractivity contribution >= 4 is 6.09 Å². The van der Waals surface area contributed by atoms with Gasteiger partial charge in [0.05, 0.1) is 6.61 Å². The Kier molecular flexibility index (Phi) is 5.32. The van der Waals surface area contributed by atoms with Crippen LogP contribution in [-0.4, -0.2) is 12.7 Å². The second kappa shape index (κ2) is 6.82. The molecule has 88 valence electrons. The maximum Gasteiger partial charge on any atom is 0.407 e. The van der Waals surface area contributed by atoms with E-state index in [1.54, 1.807) is 12.1 Å². The van der Waals surface area contributed by atoms with Gasteiger partial charge < -0.3 is 10.1 Å². The van der Waals surface area contributed by atoms with Crippen molar-refractivity contribution in [2.75, 3.05) is 6.61 Å². The Labute approximate surface area is 94.6 Å². The standard InChI is InChI=1S/C12H16FNO2/c1-2-3-7-16-12(15)14-9-10-5-4-6-11(13)8-10/h4-6,8H,2-3,7,9H2,1H3,(H,14,15). The third-order valence-corrected chi connectivity index (χ3v) is 2.06. The van der Waals surface area contributed by atoms with Crippen molar-refractivity contribution in [3.63, 3.8) is 0 Å². The first kappa shape index (κ1) is 12.5. The summed E-state index contributed by atoms with van der Waals surface area (Å²) in [7, 11) is 0. The van der Waals surface area contributed by atoms with Gasteiger partial charge in [0.15, 0.2) is 0 Å². The van der Waals surface area contributed by atoms with Crippen molar-refractivity contribution in [3.8, 4) is 0 Å². The van der Waals surface area contributed by atoms with E-state index in [-0.39, 0.29) is 12.4 Å². The zero-order chi connectivity index (χ0) is 11.8. The third kappa shape index (κ3) is 4.77. The summed E-state index contributed by atoms with van der Waals surface area (Å²) in [4.78, 5) is 11.1. The summed E-state index contributed by atoms with van der Waals surface area (Å²) in [6.45, 7) is 2.72. The minimum atomic E-state index is -0.460. The van der Waals surface area contributed by atoms with Crippen LogP contribution in [0.4, 0.5) is 9.18 Å². The maximum atomic E-state index is 12.8. The van der Waals surface area contributed by atoms with E-state index in [4.69, 9.17) is 4.74 Å². The van der Waals surface area contributed by atoms with Gasteiger partial charge in [-0.05, 0) is 24.1 Å². The number of benzene rings is 1. The summed E-state index contributed by atoms with van der Waals surface area (Å²) in [6.07, 6.45) is 1.38. The van der Waals surface area contributed by atoms with Crippen LogP contribution in [0.25, 0.3) is 0 Å². The average Bonchev–Trinajstić information content (AvgIpc) is 2.27. The highest BCUT2D eigenvalue weighted by Crippen LogP contribution is 2.02. The van der Waals surface area contributed by atoms with Gasteiger partial charge in [-0.1, -0.05) is 25.5 Å². The molecule has 0 aliphatic carbocycles. The first-order chi connectivity index (χ1) is 7.72. The summed E-state index contributed by atoms with van der Waals surface area (Å²) >= 11 is 0. The zero-order valence-electron chi connectivity index (χ0n) is 9.33. The Morgan fingerprint density at radius 3 is 3.00 bits per heavy atom. The van der Waals surface area contributed by atoms with Crippen molar-refractivity contribution in [1.29, 1.82) is 0 Å². The zero-order valence-corrected chi connectivity index (χ0v) is 9.33. The van der Waals surface area contributed by atoms with E-state index in [1.165, 1.54) is 12.1 Å². The summed E-state index contributed by atoms with van der Waals surface area (Å²) in [5, 5.41) is 2.56. The van der Waals surface area contributed by atoms with E-state index in [2.05, 4.69) is 5.32 Å². The molecule has 0 aliphatic rings. The Morgan fingerprint density at radius 2 is 2.31 bits per heavy atom. The van der Waals surface area contributed by atoms with Gasteiger partial charge in [-0.25, -0.2) is 9.18 Å². The van der Waals surface area contributed by atoms with Gasteiger partial charge in [-0.2, -0.15) is 0 Å². The van der Waals surface area contributed by atoms with Crippen LogP contribution >= 0.6 is 0 Å². The highest BCUT2D eigenvalue weighted by molar-refractivity contribution is 5.67. The average molecular weight is 225 g/mol. The normalized spacial score (nSPS) is 9.88. The van der Waals surface area contributed by atoms with Gasteiger partial charge in [0, 0.05) is 6.54 Å². The molecule has 0 atom stereocenters. The molecule has 1 N–H and O–H groups in total. The molecule has 0 bridgehead atoms. The lowest BCUT2D eigenvalue weighted by atomic mass is 10.2. The van der Waals surface area contributed by atoms with E-state index >= 15 is 0 Å². The lowest BCUT2D eigenvalue weighted by Crippen LogP contribution is -2.24. The molecule has 3 nitrogen and oxygen atoms in total. The topological polar surface area (TPSA) is 38.3 Å². The lowest BCUT2D eigenvalue weighted by Gasteiger charge is -2.06. The number of alkyl carbamates (subject to hydrolysis) is 1. The predicted molar refractivity (Wildman–Crippen MR) is 59.5 cm³/mol. The van der Waals surface area contributed by atoms with Crippen LogP contribution in [0.3, 0.4) is 0 Å². The molecule has 0 aliphatic heterocycles. The van der Waals surface area contributed by atoms with Crippen LogP contribution in [0.5, 0.6) is 0 Å². The fourth-order valence-corrected chi connectivity index (χ4v) is 1.18. The fraction of sp³-hybridized carbons (Fsp3) is 0.417. The molecular formula is C12H16FNO2. The largest absolute Gasteiger partial charge is 0.450 e. The number of amides is 1. The van der Waals surface area contributed by atoms with E-state index in [9.17, 15) is 9.18 Å². The number of hydrogen-bond donors (Lipinski definition) is 1. The smallest absolute Gasteiger partial charge is 0.407 e. The molecule has 16 heavy (non-hydrogen) atoms. The molecule has 0 saturated heterocycles. The molecule has 1 amide bonds. The van der Waals surface area contributed by atoms with E-state index < -0.39 is 6.09 Å². The molecule has 4 heteroatoms. The first-order valence-electron chi connectivity index (χ1n) is 5.37. The number of unbranched alkanes of at least 4 members (excludes halogenated alkanes) is 1. The van der Waals surface area contributed by atoms with Crippen LogP contribution in [0.1, 0.15) is 25.3 Å². The molecule has 0 saturated carbocycles. The third-order valence-electron chi connectivity index (χ3n) is 2.06. The Bertz CT molecular complexity index is 342. The van der Waals surface area contributed by atoms with Gasteiger partial charge in [0.25, 0.3) is 0 Å². The molecule has 1 aromatic carbocycles. The van der Waals surface area contributed by atoms with Gasteiger partial charge in [0.2, 0.25) is 0 Å². The van der Waals surface area contributed by atoms with Crippen LogP contribution in [0.15, 0.2) is 24.3 Å². The Morgan fingerprint density at radius 1 is 1.50 bits per heavy atom. The van der Waals surface area contributed by atoms with Crippen molar-refractivity contribution in [2.24, 2.45) is 0 Å². The maximum absolute atomic E-state index is 12.8. The molecular weight excluding hydrogens is 209 g/mol. The van der Waals surface area contributed by atoms with E-state index in [0.717, 1.165) is 12.8 Å². The van der Waals surface area contributed by atoms with Crippen LogP contribution in [0, 0.1) is 5.82 Å². The molecule has 0 radical (unpaired) electrons. The number of carbonyl (C=O) groups excluding carboxylic acids is 1. The number of rotatable bonds is 5. The minimum absolute atomic E-state index is 0.280. The highest BCUT2D eigenvalue weighted by Gasteiger charge is 2.01. The number of hydrogen-bond acceptors (Lipinski definition) is 2. The Hall–Kier alpha value is -1.58. The molecule has 0 unspecified atom stereocenters. The number of nitrogens with one attached hydrogen (secondary N) is 1. The summed E-state index contributed by atoms with van der Waals surface area (Å²) in [5.41, 5.74) is 0.715. The van der Waals surface area contributed by atoms with Crippen LogP contribution in [0.2, 0.25) is 0 Å². The molecule has 0 aromatic heterocycles. The van der Waals surface area contributed by atoms with Crippen molar-refractivity contribution in [2.45, 2.75) is 26.3 Å². The minimum Gasteiger partial charge on any atom is -0.450 e. The highest BCUT2D eigenvalue weighted by atomic mass is 19.1. The monoisotopic (exact) mass is 225 g/mol. The Balaban J connectivity index is 2.26. The quantitative estimate of drug-likeness (QED) is 0.782. The van der Waals surface area contributed by atoms with Gasteiger partial charge in [-0.15, -0.1) is 0 Å². The van der Waals surface area contributed by atoms with Crippen LogP contribution < -0.4 is 5.32 Å². The SMILES string of the molecule is CCCCOC(=O)NCc1cccc(F)c1. The number of halogens is 1. The van der Waals surface area contributed by atoms with Crippen molar-refractivity contribution in [1.82, 2.24) is 5.32 Å². The van der Waals surface area contributed by atoms with E-state index in [1.807, 2.05) is 6.92 Å². The van der Waals surface area contributed by atoms with Crippen LogP contribution in [-0.2, 0) is 11.3 Å². The summed E-state index contributed by atoms with van der Waals surface area (Å²) in [5.74, 6) is -0.307. The van der Waals surface area contributed by atoms with Gasteiger partial charge >= 0.3 is 6.09 Å². The fourth-order valence-electron chi connectivity index (χ4n) is 1.18. The van der Waals surface area contributed by atoms with Crippen molar-refractivity contribution in [3.05, 3.63) is 35.6 Å². The second-order valence-electron chi connectivity index (χ2n) is 3.47. The molecule has 0 spiro atoms. The molecule has 1 aromatic rings. The predicted octanol–water partition coefficient (Wildman–Crippen LogP) is 2.85. The van der Waals surface area contributed by atoms with E-state index in [0.29, 0.717) is 12.2 Å². The summed E-state index contributed by atoms with van der Waals surface area (Å²) < 4.78 is 17.7.